The molecule has 4 nitrogen and oxygen atoms in total. The Labute approximate surface area is 194 Å². The number of benzene rings is 1. The second-order valence-corrected chi connectivity index (χ2v) is 8.49. The standard InChI is InChI=1S/C28H40N2O2/c31-28(32)27(26-19-13-11-14-20-26)24-30-21-15-10-8-6-4-2-1-3-5-7-9-12-17-25-18-16-22-29-23-25/h7,9,11,13-14,16,18-20,22-23,27,30H,1-6,8,10,12,15,17,21,24H2,(H,31,32)/b9-7-/t27-/m0/s1. The van der Waals surface area contributed by atoms with Gasteiger partial charge in [0.05, 0.1) is 5.92 Å². The summed E-state index contributed by atoms with van der Waals surface area (Å²) in [5.74, 6) is -1.23. The number of aryl methyl sites for hydroxylation is 1. The number of allylic oxidation sites excluding steroid dienone is 2. The predicted octanol–water partition coefficient (Wildman–Crippen LogP) is 6.54. The molecule has 0 aliphatic heterocycles. The Balaban J connectivity index is 1.36. The van der Waals surface area contributed by atoms with Crippen LogP contribution in [0.25, 0.3) is 0 Å². The minimum absolute atomic E-state index is 0.466. The van der Waals surface area contributed by atoms with Gasteiger partial charge >= 0.3 is 5.97 Å². The number of hydrogen-bond acceptors (Lipinski definition) is 3. The van der Waals surface area contributed by atoms with Gasteiger partial charge in [-0.3, -0.25) is 9.78 Å². The molecule has 0 saturated heterocycles. The van der Waals surface area contributed by atoms with Gasteiger partial charge in [0.1, 0.15) is 0 Å². The molecule has 1 aromatic carbocycles. The molecule has 1 aromatic heterocycles. The van der Waals surface area contributed by atoms with Crippen molar-refractivity contribution in [3.05, 3.63) is 78.1 Å². The lowest BCUT2D eigenvalue weighted by Crippen LogP contribution is -2.27. The van der Waals surface area contributed by atoms with E-state index in [1.807, 2.05) is 48.8 Å². The van der Waals surface area contributed by atoms with Crippen LogP contribution in [-0.2, 0) is 11.2 Å². The highest BCUT2D eigenvalue weighted by atomic mass is 16.4. The number of aromatic nitrogens is 1. The van der Waals surface area contributed by atoms with Crippen LogP contribution in [0.2, 0.25) is 0 Å². The van der Waals surface area contributed by atoms with Gasteiger partial charge < -0.3 is 10.4 Å². The van der Waals surface area contributed by atoms with Crippen LogP contribution in [0.1, 0.15) is 81.3 Å². The van der Waals surface area contributed by atoms with E-state index in [9.17, 15) is 9.90 Å². The van der Waals surface area contributed by atoms with E-state index < -0.39 is 11.9 Å². The number of hydrogen-bond donors (Lipinski definition) is 2. The van der Waals surface area contributed by atoms with Crippen molar-refractivity contribution in [1.82, 2.24) is 10.3 Å². The Morgan fingerprint density at radius 2 is 1.56 bits per heavy atom. The molecule has 174 valence electrons. The summed E-state index contributed by atoms with van der Waals surface area (Å²) < 4.78 is 0. The van der Waals surface area contributed by atoms with Crippen molar-refractivity contribution >= 4 is 5.97 Å². The summed E-state index contributed by atoms with van der Waals surface area (Å²) >= 11 is 0. The summed E-state index contributed by atoms with van der Waals surface area (Å²) in [5.41, 5.74) is 2.18. The van der Waals surface area contributed by atoms with Gasteiger partial charge in [-0.15, -0.1) is 0 Å². The summed E-state index contributed by atoms with van der Waals surface area (Å²) in [6.07, 6.45) is 22.0. The van der Waals surface area contributed by atoms with E-state index in [4.69, 9.17) is 0 Å². The zero-order chi connectivity index (χ0) is 22.7. The lowest BCUT2D eigenvalue weighted by molar-refractivity contribution is -0.138. The maximum atomic E-state index is 11.5. The zero-order valence-electron chi connectivity index (χ0n) is 19.4. The molecule has 0 spiro atoms. The summed E-state index contributed by atoms with van der Waals surface area (Å²) in [6.45, 7) is 1.39. The maximum absolute atomic E-state index is 11.5. The number of unbranched alkanes of at least 4 members (excludes halogenated alkanes) is 8. The van der Waals surface area contributed by atoms with Gasteiger partial charge in [0.25, 0.3) is 0 Å². The molecule has 0 aliphatic carbocycles. The maximum Gasteiger partial charge on any atom is 0.312 e. The quantitative estimate of drug-likeness (QED) is 0.206. The first-order valence-electron chi connectivity index (χ1n) is 12.3. The highest BCUT2D eigenvalue weighted by molar-refractivity contribution is 5.76. The van der Waals surface area contributed by atoms with Gasteiger partial charge in [-0.05, 0) is 55.8 Å². The molecule has 0 amide bonds. The van der Waals surface area contributed by atoms with Crippen molar-refractivity contribution in [2.45, 2.75) is 76.5 Å². The number of carboxylic acids is 1. The van der Waals surface area contributed by atoms with Crippen LogP contribution in [-0.4, -0.2) is 29.1 Å². The molecule has 0 bridgehead atoms. The van der Waals surface area contributed by atoms with Gasteiger partial charge in [0.2, 0.25) is 0 Å². The van der Waals surface area contributed by atoms with E-state index in [2.05, 4.69) is 28.5 Å². The molecule has 0 fully saturated rings. The minimum Gasteiger partial charge on any atom is -0.481 e. The molecule has 4 heteroatoms. The number of nitrogens with one attached hydrogen (secondary N) is 1. The first-order valence-corrected chi connectivity index (χ1v) is 12.3. The molecule has 0 saturated carbocycles. The molecule has 0 unspecified atom stereocenters. The van der Waals surface area contributed by atoms with Gasteiger partial charge in [0.15, 0.2) is 0 Å². The van der Waals surface area contributed by atoms with Crippen LogP contribution in [0.4, 0.5) is 0 Å². The Hall–Kier alpha value is -2.46. The highest BCUT2D eigenvalue weighted by Crippen LogP contribution is 2.15. The SMILES string of the molecule is O=C(O)[C@@H](CNCCCCCCCCCC/C=C\CCc1cccnc1)c1ccccc1. The zero-order valence-corrected chi connectivity index (χ0v) is 19.4. The van der Waals surface area contributed by atoms with Crippen molar-refractivity contribution < 1.29 is 9.90 Å². The summed E-state index contributed by atoms with van der Waals surface area (Å²) in [6, 6.07) is 13.6. The lowest BCUT2D eigenvalue weighted by atomic mass is 9.99. The fraction of sp³-hybridized carbons (Fsp3) is 0.500. The number of rotatable bonds is 18. The summed E-state index contributed by atoms with van der Waals surface area (Å²) in [4.78, 5) is 15.6. The highest BCUT2D eigenvalue weighted by Gasteiger charge is 2.18. The van der Waals surface area contributed by atoms with Gasteiger partial charge in [-0.1, -0.05) is 87.1 Å². The van der Waals surface area contributed by atoms with Crippen molar-refractivity contribution in [3.63, 3.8) is 0 Å². The third-order valence-electron chi connectivity index (χ3n) is 5.81. The molecular formula is C28H40N2O2. The largest absolute Gasteiger partial charge is 0.481 e. The van der Waals surface area contributed by atoms with Crippen LogP contribution in [0.3, 0.4) is 0 Å². The van der Waals surface area contributed by atoms with E-state index in [0.717, 1.165) is 31.4 Å². The molecule has 32 heavy (non-hydrogen) atoms. The van der Waals surface area contributed by atoms with Crippen LogP contribution in [0, 0.1) is 0 Å². The second kappa shape index (κ2) is 17.1. The van der Waals surface area contributed by atoms with Crippen molar-refractivity contribution in [2.75, 3.05) is 13.1 Å². The van der Waals surface area contributed by atoms with E-state index in [-0.39, 0.29) is 0 Å². The molecular weight excluding hydrogens is 396 g/mol. The molecule has 1 heterocycles. The smallest absolute Gasteiger partial charge is 0.312 e. The van der Waals surface area contributed by atoms with Gasteiger partial charge in [0, 0.05) is 18.9 Å². The van der Waals surface area contributed by atoms with Crippen molar-refractivity contribution in [2.24, 2.45) is 0 Å². The van der Waals surface area contributed by atoms with Crippen molar-refractivity contribution in [1.29, 1.82) is 0 Å². The van der Waals surface area contributed by atoms with E-state index >= 15 is 0 Å². The first-order chi connectivity index (χ1) is 15.8. The first kappa shape index (κ1) is 25.8. The average molecular weight is 437 g/mol. The van der Waals surface area contributed by atoms with Crippen LogP contribution >= 0.6 is 0 Å². The fourth-order valence-corrected chi connectivity index (χ4v) is 3.88. The fourth-order valence-electron chi connectivity index (χ4n) is 3.88. The van der Waals surface area contributed by atoms with E-state index in [1.165, 1.54) is 56.9 Å². The second-order valence-electron chi connectivity index (χ2n) is 8.49. The summed E-state index contributed by atoms with van der Waals surface area (Å²) in [7, 11) is 0. The summed E-state index contributed by atoms with van der Waals surface area (Å²) in [5, 5.41) is 12.8. The number of aliphatic carboxylic acids is 1. The number of pyridine rings is 1. The Kier molecular flexibility index (Phi) is 13.8. The third-order valence-corrected chi connectivity index (χ3v) is 5.81. The van der Waals surface area contributed by atoms with Gasteiger partial charge in [-0.2, -0.15) is 0 Å². The van der Waals surface area contributed by atoms with Crippen LogP contribution < -0.4 is 5.32 Å². The van der Waals surface area contributed by atoms with Gasteiger partial charge in [-0.25, -0.2) is 0 Å². The Morgan fingerprint density at radius 1 is 0.875 bits per heavy atom. The Morgan fingerprint density at radius 3 is 2.25 bits per heavy atom. The average Bonchev–Trinajstić information content (AvgIpc) is 2.82. The predicted molar refractivity (Wildman–Crippen MR) is 133 cm³/mol. The van der Waals surface area contributed by atoms with Crippen LogP contribution in [0.15, 0.2) is 67.0 Å². The molecule has 2 aromatic rings. The topological polar surface area (TPSA) is 62.2 Å². The number of carboxylic acid groups (broad SMARTS) is 1. The normalized spacial score (nSPS) is 12.2. The monoisotopic (exact) mass is 436 g/mol. The molecule has 2 N–H and O–H groups in total. The molecule has 2 rings (SSSR count). The van der Waals surface area contributed by atoms with Crippen molar-refractivity contribution in [3.8, 4) is 0 Å². The molecule has 0 aliphatic rings. The lowest BCUT2D eigenvalue weighted by Gasteiger charge is -2.13. The van der Waals surface area contributed by atoms with Crippen LogP contribution in [0.5, 0.6) is 0 Å². The van der Waals surface area contributed by atoms with E-state index in [1.54, 1.807) is 0 Å². The third kappa shape index (κ3) is 11.8. The number of carbonyl (C=O) groups is 1. The molecule has 0 radical (unpaired) electrons. The molecule has 1 atom stereocenters. The van der Waals surface area contributed by atoms with E-state index in [0.29, 0.717) is 6.54 Å². The Bertz CT molecular complexity index is 747. The minimum atomic E-state index is -0.760. The number of nitrogens with zero attached hydrogens (tertiary/aromatic N) is 1.